The molecule has 0 saturated heterocycles. The summed E-state index contributed by atoms with van der Waals surface area (Å²) in [6, 6.07) is 15.8. The highest BCUT2D eigenvalue weighted by atomic mass is 35.5. The van der Waals surface area contributed by atoms with E-state index in [9.17, 15) is 9.90 Å². The summed E-state index contributed by atoms with van der Waals surface area (Å²) in [5.74, 6) is -0.327. The molecule has 0 fully saturated rings. The number of phenols is 1. The van der Waals surface area contributed by atoms with E-state index in [-0.39, 0.29) is 24.1 Å². The number of halogens is 1. The number of phenolic OH excluding ortho intramolecular Hbond substituents is 1. The van der Waals surface area contributed by atoms with Crippen LogP contribution in [0.4, 0.5) is 22.7 Å². The molecule has 7 N–H and O–H groups in total. The van der Waals surface area contributed by atoms with Crippen LogP contribution in [0, 0.1) is 0 Å². The van der Waals surface area contributed by atoms with Crippen LogP contribution < -0.4 is 22.1 Å². The van der Waals surface area contributed by atoms with E-state index in [1.165, 1.54) is 0 Å². The maximum absolute atomic E-state index is 12.8. The molecule has 0 atom stereocenters. The van der Waals surface area contributed by atoms with Gasteiger partial charge in [-0.3, -0.25) is 4.79 Å². The van der Waals surface area contributed by atoms with E-state index in [1.54, 1.807) is 48.5 Å². The molecule has 3 rings (SSSR count). The second kappa shape index (κ2) is 8.97. The molecule has 0 heterocycles. The molecule has 0 aliphatic heterocycles. The number of hydrogen-bond acceptors (Lipinski definition) is 5. The molecule has 0 spiro atoms. The van der Waals surface area contributed by atoms with Crippen LogP contribution in [0.2, 0.25) is 5.02 Å². The first kappa shape index (κ1) is 21.3. The normalized spacial score (nSPS) is 10.8. The third kappa shape index (κ3) is 4.96. The predicted molar refractivity (Wildman–Crippen MR) is 125 cm³/mol. The number of carbonyl (C=O) groups excluding carboxylic acids is 1. The van der Waals surface area contributed by atoms with E-state index in [0.29, 0.717) is 38.9 Å². The Bertz CT molecular complexity index is 1080. The van der Waals surface area contributed by atoms with Crippen LogP contribution >= 0.6 is 11.6 Å². The lowest BCUT2D eigenvalue weighted by atomic mass is 9.94. The highest BCUT2D eigenvalue weighted by Crippen LogP contribution is 2.42. The Morgan fingerprint density at radius 1 is 1.07 bits per heavy atom. The Morgan fingerprint density at radius 2 is 1.73 bits per heavy atom. The topological polar surface area (TPSA) is 113 Å². The minimum Gasteiger partial charge on any atom is -0.505 e. The number of aromatic hydroxyl groups is 1. The fourth-order valence-electron chi connectivity index (χ4n) is 3.27. The minimum atomic E-state index is -0.307. The second-order valence-corrected chi connectivity index (χ2v) is 7.79. The van der Waals surface area contributed by atoms with E-state index in [4.69, 9.17) is 23.1 Å². The molecular weight excluding hydrogens is 400 g/mol. The number of hydrogen-bond donors (Lipinski definition) is 5. The predicted octanol–water partition coefficient (Wildman–Crippen LogP) is 4.88. The van der Waals surface area contributed by atoms with Gasteiger partial charge in [0.2, 0.25) is 5.91 Å². The lowest BCUT2D eigenvalue weighted by Gasteiger charge is -2.20. The van der Waals surface area contributed by atoms with E-state index >= 15 is 0 Å². The molecular formula is C23H25ClN4O2. The molecule has 6 nitrogen and oxygen atoms in total. The van der Waals surface area contributed by atoms with Crippen molar-refractivity contribution in [2.75, 3.05) is 22.1 Å². The van der Waals surface area contributed by atoms with Crippen molar-refractivity contribution in [1.29, 1.82) is 0 Å². The zero-order valence-corrected chi connectivity index (χ0v) is 17.6. The Morgan fingerprint density at radius 3 is 2.37 bits per heavy atom. The Balaban J connectivity index is 2.05. The smallest absolute Gasteiger partial charge is 0.228 e. The summed E-state index contributed by atoms with van der Waals surface area (Å²) >= 11 is 6.60. The van der Waals surface area contributed by atoms with E-state index in [0.717, 1.165) is 5.56 Å². The fourth-order valence-corrected chi connectivity index (χ4v) is 3.61. The molecule has 0 bridgehead atoms. The lowest BCUT2D eigenvalue weighted by Crippen LogP contribution is -2.16. The summed E-state index contributed by atoms with van der Waals surface area (Å²) in [7, 11) is 0. The van der Waals surface area contributed by atoms with Crippen molar-refractivity contribution in [3.8, 4) is 16.9 Å². The fraction of sp³-hybridized carbons (Fsp3) is 0.174. The summed E-state index contributed by atoms with van der Waals surface area (Å²) in [5.41, 5.74) is 15.6. The van der Waals surface area contributed by atoms with Gasteiger partial charge in [-0.15, -0.1) is 0 Å². The zero-order chi connectivity index (χ0) is 21.8. The Labute approximate surface area is 180 Å². The van der Waals surface area contributed by atoms with Crippen LogP contribution in [0.25, 0.3) is 11.1 Å². The molecule has 3 aromatic rings. The SMILES string of the molecule is CC(C)Nc1cc(Cl)c(-c2cccc(N)c2)c(CC(=O)Nc2cccc(N)c2)c1O. The third-order valence-electron chi connectivity index (χ3n) is 4.48. The van der Waals surface area contributed by atoms with Crippen LogP contribution in [0.15, 0.2) is 54.6 Å². The molecule has 0 aliphatic carbocycles. The van der Waals surface area contributed by atoms with Crippen LogP contribution in [-0.2, 0) is 11.2 Å². The van der Waals surface area contributed by atoms with Gasteiger partial charge in [0.05, 0.1) is 17.1 Å². The lowest BCUT2D eigenvalue weighted by molar-refractivity contribution is -0.115. The maximum atomic E-state index is 12.8. The molecule has 1 amide bonds. The molecule has 0 radical (unpaired) electrons. The van der Waals surface area contributed by atoms with Gasteiger partial charge in [0.1, 0.15) is 5.75 Å². The number of benzene rings is 3. The number of nitrogens with two attached hydrogens (primary N) is 2. The standard InChI is InChI=1S/C23H25ClN4O2/c1-13(2)27-20-12-19(24)22(14-5-3-6-15(25)9-14)18(23(20)30)11-21(29)28-17-8-4-7-16(26)10-17/h3-10,12-13,27,30H,11,25-26H2,1-2H3,(H,28,29). The first-order valence-corrected chi connectivity index (χ1v) is 9.94. The van der Waals surface area contributed by atoms with Crippen molar-refractivity contribution in [3.63, 3.8) is 0 Å². The molecule has 3 aromatic carbocycles. The number of amides is 1. The van der Waals surface area contributed by atoms with Gasteiger partial charge in [0, 0.05) is 34.2 Å². The van der Waals surface area contributed by atoms with E-state index in [2.05, 4.69) is 10.6 Å². The Hall–Kier alpha value is -3.38. The van der Waals surface area contributed by atoms with Crippen LogP contribution in [0.3, 0.4) is 0 Å². The van der Waals surface area contributed by atoms with Crippen molar-refractivity contribution >= 4 is 40.3 Å². The van der Waals surface area contributed by atoms with Crippen LogP contribution in [0.5, 0.6) is 5.75 Å². The average Bonchev–Trinajstić information content (AvgIpc) is 2.65. The summed E-state index contributed by atoms with van der Waals surface area (Å²) in [6.45, 7) is 3.90. The van der Waals surface area contributed by atoms with Gasteiger partial charge in [-0.2, -0.15) is 0 Å². The van der Waals surface area contributed by atoms with E-state index in [1.807, 2.05) is 19.9 Å². The number of anilines is 4. The highest BCUT2D eigenvalue weighted by molar-refractivity contribution is 6.34. The second-order valence-electron chi connectivity index (χ2n) is 7.38. The number of rotatable bonds is 6. The van der Waals surface area contributed by atoms with Crippen molar-refractivity contribution in [1.82, 2.24) is 0 Å². The monoisotopic (exact) mass is 424 g/mol. The first-order chi connectivity index (χ1) is 14.2. The maximum Gasteiger partial charge on any atom is 0.228 e. The van der Waals surface area contributed by atoms with Gasteiger partial charge >= 0.3 is 0 Å². The molecule has 0 aromatic heterocycles. The Kier molecular flexibility index (Phi) is 6.37. The van der Waals surface area contributed by atoms with Crippen molar-refractivity contribution < 1.29 is 9.90 Å². The van der Waals surface area contributed by atoms with Gasteiger partial charge < -0.3 is 27.2 Å². The van der Waals surface area contributed by atoms with Gasteiger partial charge in [-0.1, -0.05) is 29.8 Å². The first-order valence-electron chi connectivity index (χ1n) is 9.56. The van der Waals surface area contributed by atoms with Crippen molar-refractivity contribution in [2.45, 2.75) is 26.3 Å². The van der Waals surface area contributed by atoms with Gasteiger partial charge in [0.15, 0.2) is 0 Å². The number of nitrogen functional groups attached to an aromatic ring is 2. The average molecular weight is 425 g/mol. The summed E-state index contributed by atoms with van der Waals surface area (Å²) in [6.07, 6.45) is -0.0852. The van der Waals surface area contributed by atoms with Gasteiger partial charge in [0.25, 0.3) is 0 Å². The highest BCUT2D eigenvalue weighted by Gasteiger charge is 2.21. The van der Waals surface area contributed by atoms with Gasteiger partial charge in [-0.05, 0) is 55.8 Å². The van der Waals surface area contributed by atoms with Crippen molar-refractivity contribution in [3.05, 3.63) is 65.2 Å². The van der Waals surface area contributed by atoms with Crippen LogP contribution in [0.1, 0.15) is 19.4 Å². The molecule has 0 saturated carbocycles. The largest absolute Gasteiger partial charge is 0.505 e. The van der Waals surface area contributed by atoms with Gasteiger partial charge in [-0.25, -0.2) is 0 Å². The molecule has 0 unspecified atom stereocenters. The molecule has 0 aliphatic rings. The van der Waals surface area contributed by atoms with Crippen molar-refractivity contribution in [2.24, 2.45) is 0 Å². The number of nitrogens with one attached hydrogen (secondary N) is 2. The molecule has 7 heteroatoms. The quantitative estimate of drug-likeness (QED) is 0.286. The third-order valence-corrected chi connectivity index (χ3v) is 4.78. The summed E-state index contributed by atoms with van der Waals surface area (Å²) in [4.78, 5) is 12.8. The summed E-state index contributed by atoms with van der Waals surface area (Å²) in [5, 5.41) is 17.4. The number of carbonyl (C=O) groups is 1. The zero-order valence-electron chi connectivity index (χ0n) is 16.9. The minimum absolute atomic E-state index is 0.0201. The van der Waals surface area contributed by atoms with E-state index < -0.39 is 0 Å². The molecule has 156 valence electrons. The molecule has 30 heavy (non-hydrogen) atoms. The summed E-state index contributed by atoms with van der Waals surface area (Å²) < 4.78 is 0. The van der Waals surface area contributed by atoms with Crippen LogP contribution in [-0.4, -0.2) is 17.1 Å².